The summed E-state index contributed by atoms with van der Waals surface area (Å²) in [7, 11) is 0. The van der Waals surface area contributed by atoms with Gasteiger partial charge in [0, 0.05) is 5.39 Å². The highest BCUT2D eigenvalue weighted by atomic mass is 16.3. The van der Waals surface area contributed by atoms with Crippen molar-refractivity contribution >= 4 is 34.3 Å². The van der Waals surface area contributed by atoms with Crippen molar-refractivity contribution in [1.29, 1.82) is 0 Å². The maximum atomic E-state index is 9.95. The van der Waals surface area contributed by atoms with Crippen LogP contribution in [0, 0.1) is 0 Å². The van der Waals surface area contributed by atoms with Gasteiger partial charge in [0.2, 0.25) is 11.9 Å². The highest BCUT2D eigenvalue weighted by molar-refractivity contribution is 5.96. The second-order valence-electron chi connectivity index (χ2n) is 4.39. The van der Waals surface area contributed by atoms with Gasteiger partial charge in [0.1, 0.15) is 17.2 Å². The maximum absolute atomic E-state index is 9.95. The summed E-state index contributed by atoms with van der Waals surface area (Å²) in [6.07, 6.45) is 0. The standard InChI is InChI=1S/C13H11N7O2/c14-11-16-12(15)18-13(17-11)20-19-10-8-5-7(21)3-1-6(8)2-4-9(10)22/h1-5,21-22H,(H4,14,15,16,17,18). The number of nitrogens with zero attached hydrogens (tertiary/aromatic N) is 5. The summed E-state index contributed by atoms with van der Waals surface area (Å²) < 4.78 is 0. The molecule has 0 fully saturated rings. The molecule has 22 heavy (non-hydrogen) atoms. The van der Waals surface area contributed by atoms with Gasteiger partial charge < -0.3 is 21.7 Å². The summed E-state index contributed by atoms with van der Waals surface area (Å²) in [5, 5.41) is 28.6. The van der Waals surface area contributed by atoms with Crippen LogP contribution in [0.25, 0.3) is 10.8 Å². The van der Waals surface area contributed by atoms with Crippen molar-refractivity contribution in [2.24, 2.45) is 10.2 Å². The van der Waals surface area contributed by atoms with Crippen molar-refractivity contribution in [2.45, 2.75) is 0 Å². The minimum Gasteiger partial charge on any atom is -0.508 e. The van der Waals surface area contributed by atoms with E-state index >= 15 is 0 Å². The molecule has 9 nitrogen and oxygen atoms in total. The average Bonchev–Trinajstić information content (AvgIpc) is 2.45. The van der Waals surface area contributed by atoms with Crippen LogP contribution in [0.2, 0.25) is 0 Å². The van der Waals surface area contributed by atoms with Gasteiger partial charge in [-0.2, -0.15) is 15.0 Å². The van der Waals surface area contributed by atoms with E-state index in [0.717, 1.165) is 5.39 Å². The lowest BCUT2D eigenvalue weighted by molar-refractivity contribution is 0.475. The highest BCUT2D eigenvalue weighted by Gasteiger charge is 2.08. The summed E-state index contributed by atoms with van der Waals surface area (Å²) >= 11 is 0. The Morgan fingerprint density at radius 1 is 0.864 bits per heavy atom. The number of hydrogen-bond acceptors (Lipinski definition) is 9. The van der Waals surface area contributed by atoms with Gasteiger partial charge >= 0.3 is 0 Å². The first-order valence-corrected chi connectivity index (χ1v) is 6.16. The number of anilines is 2. The van der Waals surface area contributed by atoms with Crippen molar-refractivity contribution < 1.29 is 10.2 Å². The van der Waals surface area contributed by atoms with Crippen molar-refractivity contribution in [1.82, 2.24) is 15.0 Å². The van der Waals surface area contributed by atoms with Crippen molar-refractivity contribution in [3.63, 3.8) is 0 Å². The first-order valence-electron chi connectivity index (χ1n) is 6.16. The van der Waals surface area contributed by atoms with Crippen LogP contribution >= 0.6 is 0 Å². The number of aromatic hydroxyl groups is 2. The molecule has 0 bridgehead atoms. The van der Waals surface area contributed by atoms with Gasteiger partial charge in [0.05, 0.1) is 0 Å². The van der Waals surface area contributed by atoms with E-state index < -0.39 is 0 Å². The molecule has 1 aromatic heterocycles. The number of hydrogen-bond donors (Lipinski definition) is 4. The number of fused-ring (bicyclic) bond motifs is 1. The van der Waals surface area contributed by atoms with Crippen LogP contribution in [-0.2, 0) is 0 Å². The molecular formula is C13H11N7O2. The summed E-state index contributed by atoms with van der Waals surface area (Å²) in [6, 6.07) is 7.88. The third-order valence-electron chi connectivity index (χ3n) is 2.85. The Hall–Kier alpha value is -3.49. The monoisotopic (exact) mass is 297 g/mol. The van der Waals surface area contributed by atoms with E-state index in [9.17, 15) is 10.2 Å². The van der Waals surface area contributed by atoms with E-state index in [-0.39, 0.29) is 35.0 Å². The average molecular weight is 297 g/mol. The Labute approximate surface area is 124 Å². The summed E-state index contributed by atoms with van der Waals surface area (Å²) in [4.78, 5) is 11.1. The minimum atomic E-state index is -0.100. The largest absolute Gasteiger partial charge is 0.508 e. The Morgan fingerprint density at radius 2 is 1.55 bits per heavy atom. The molecule has 0 aliphatic rings. The number of nitrogens with two attached hydrogens (primary N) is 2. The van der Waals surface area contributed by atoms with Gasteiger partial charge in [0.15, 0.2) is 0 Å². The van der Waals surface area contributed by atoms with E-state index in [4.69, 9.17) is 11.5 Å². The van der Waals surface area contributed by atoms with Crippen LogP contribution in [0.1, 0.15) is 0 Å². The van der Waals surface area contributed by atoms with Gasteiger partial charge in [-0.25, -0.2) is 0 Å². The zero-order valence-corrected chi connectivity index (χ0v) is 11.2. The second kappa shape index (κ2) is 5.13. The van der Waals surface area contributed by atoms with Crippen molar-refractivity contribution in [3.05, 3.63) is 30.3 Å². The lowest BCUT2D eigenvalue weighted by Gasteiger charge is -2.04. The molecule has 9 heteroatoms. The molecule has 0 amide bonds. The zero-order chi connectivity index (χ0) is 15.7. The number of phenolic OH excluding ortho intramolecular Hbond substituents is 2. The topological polar surface area (TPSA) is 156 Å². The fourth-order valence-corrected chi connectivity index (χ4v) is 1.92. The van der Waals surface area contributed by atoms with E-state index in [1.807, 2.05) is 0 Å². The molecule has 110 valence electrons. The van der Waals surface area contributed by atoms with Crippen molar-refractivity contribution in [3.8, 4) is 11.5 Å². The fraction of sp³-hybridized carbons (Fsp3) is 0. The molecule has 1 heterocycles. The molecule has 3 aromatic rings. The van der Waals surface area contributed by atoms with Gasteiger partial charge in [-0.15, -0.1) is 10.2 Å². The van der Waals surface area contributed by atoms with E-state index in [0.29, 0.717) is 5.39 Å². The van der Waals surface area contributed by atoms with Gasteiger partial charge in [-0.3, -0.25) is 0 Å². The summed E-state index contributed by atoms with van der Waals surface area (Å²) in [5.41, 5.74) is 11.1. The van der Waals surface area contributed by atoms with E-state index in [1.165, 1.54) is 18.2 Å². The molecule has 0 unspecified atom stereocenters. The number of azo groups is 1. The predicted molar refractivity (Wildman–Crippen MR) is 80.1 cm³/mol. The van der Waals surface area contributed by atoms with E-state index in [1.54, 1.807) is 12.1 Å². The molecule has 0 saturated carbocycles. The first kappa shape index (κ1) is 13.5. The fourth-order valence-electron chi connectivity index (χ4n) is 1.92. The summed E-state index contributed by atoms with van der Waals surface area (Å²) in [6.45, 7) is 0. The number of aromatic nitrogens is 3. The zero-order valence-electron chi connectivity index (χ0n) is 11.2. The van der Waals surface area contributed by atoms with Crippen LogP contribution in [-0.4, -0.2) is 25.2 Å². The molecule has 3 rings (SSSR count). The maximum Gasteiger partial charge on any atom is 0.275 e. The molecule has 0 aliphatic heterocycles. The van der Waals surface area contributed by atoms with Gasteiger partial charge in [-0.05, 0) is 23.6 Å². The smallest absolute Gasteiger partial charge is 0.275 e. The lowest BCUT2D eigenvalue weighted by Crippen LogP contribution is -2.01. The third kappa shape index (κ3) is 2.54. The van der Waals surface area contributed by atoms with Crippen LogP contribution < -0.4 is 11.5 Å². The highest BCUT2D eigenvalue weighted by Crippen LogP contribution is 2.37. The molecule has 0 atom stereocenters. The van der Waals surface area contributed by atoms with Crippen molar-refractivity contribution in [2.75, 3.05) is 11.5 Å². The number of phenols is 2. The molecule has 0 radical (unpaired) electrons. The van der Waals surface area contributed by atoms with Crippen LogP contribution in [0.15, 0.2) is 40.6 Å². The summed E-state index contributed by atoms with van der Waals surface area (Å²) in [5.74, 6) is -0.302. The SMILES string of the molecule is Nc1nc(N)nc(N=Nc2c(O)ccc3ccc(O)cc23)n1. The Kier molecular flexibility index (Phi) is 3.14. The number of nitrogen functional groups attached to an aromatic ring is 2. The molecule has 0 aliphatic carbocycles. The molecular weight excluding hydrogens is 286 g/mol. The Bertz CT molecular complexity index is 869. The molecule has 6 N–H and O–H groups in total. The second-order valence-corrected chi connectivity index (χ2v) is 4.39. The minimum absolute atomic E-state index is 0.0446. The quantitative estimate of drug-likeness (QED) is 0.527. The Morgan fingerprint density at radius 3 is 2.27 bits per heavy atom. The number of rotatable bonds is 2. The first-order chi connectivity index (χ1) is 10.5. The van der Waals surface area contributed by atoms with Crippen LogP contribution in [0.5, 0.6) is 11.5 Å². The molecule has 0 spiro atoms. The predicted octanol–water partition coefficient (Wildman–Crippen LogP) is 2.02. The van der Waals surface area contributed by atoms with Crippen LogP contribution in [0.4, 0.5) is 23.5 Å². The molecule has 0 saturated heterocycles. The van der Waals surface area contributed by atoms with E-state index in [2.05, 4.69) is 25.2 Å². The van der Waals surface area contributed by atoms with Crippen LogP contribution in [0.3, 0.4) is 0 Å². The third-order valence-corrected chi connectivity index (χ3v) is 2.85. The molecule has 2 aromatic carbocycles. The lowest BCUT2D eigenvalue weighted by atomic mass is 10.1. The normalized spacial score (nSPS) is 11.3. The Balaban J connectivity index is 2.11. The van der Waals surface area contributed by atoms with Gasteiger partial charge in [0.25, 0.3) is 5.95 Å². The van der Waals surface area contributed by atoms with Gasteiger partial charge in [-0.1, -0.05) is 12.1 Å². The number of benzene rings is 2.